The number of fused-ring (bicyclic) bond motifs is 1. The number of thiol groups is 1. The average molecular weight is 363 g/mol. The second-order valence-corrected chi connectivity index (χ2v) is 7.73. The average Bonchev–Trinajstić information content (AvgIpc) is 2.96. The lowest BCUT2D eigenvalue weighted by atomic mass is 10.2. The van der Waals surface area contributed by atoms with E-state index in [4.69, 9.17) is 15.4 Å². The molecule has 13 heteroatoms. The zero-order chi connectivity index (χ0) is 16.8. The number of nitrogens with one attached hydrogen (secondary N) is 1. The smallest absolute Gasteiger partial charge is 0.383 e. The van der Waals surface area contributed by atoms with Gasteiger partial charge in [-0.2, -0.15) is 0 Å². The van der Waals surface area contributed by atoms with Gasteiger partial charge >= 0.3 is 12.5 Å². The molecule has 5 N–H and O–H groups in total. The van der Waals surface area contributed by atoms with E-state index in [2.05, 4.69) is 31.7 Å². The van der Waals surface area contributed by atoms with E-state index in [-0.39, 0.29) is 30.0 Å². The van der Waals surface area contributed by atoms with Crippen LogP contribution in [0.25, 0.3) is 11.2 Å². The molecule has 2 aromatic rings. The van der Waals surface area contributed by atoms with Crippen LogP contribution in [-0.2, 0) is 13.8 Å². The van der Waals surface area contributed by atoms with Crippen LogP contribution in [0.4, 0.5) is 5.82 Å². The van der Waals surface area contributed by atoms with Crippen molar-refractivity contribution >= 4 is 36.0 Å². The molecule has 1 saturated heterocycles. The monoisotopic (exact) mass is 363 g/mol. The van der Waals surface area contributed by atoms with Gasteiger partial charge in [0.05, 0.1) is 12.7 Å². The van der Waals surface area contributed by atoms with Gasteiger partial charge in [-0.05, 0) is 0 Å². The van der Waals surface area contributed by atoms with Crippen molar-refractivity contribution in [2.75, 3.05) is 12.3 Å². The molecule has 11 nitrogen and oxygen atoms in total. The van der Waals surface area contributed by atoms with Gasteiger partial charge in [0.2, 0.25) is 0 Å². The zero-order valence-electron chi connectivity index (χ0n) is 11.6. The lowest BCUT2D eigenvalue weighted by molar-refractivity contribution is -0.0397. The highest BCUT2D eigenvalue weighted by molar-refractivity contribution is 8.44. The summed E-state index contributed by atoms with van der Waals surface area (Å²) in [5, 5.41) is 9.99. The predicted octanol–water partition coefficient (Wildman–Crippen LogP) is -0.603. The van der Waals surface area contributed by atoms with Crippen molar-refractivity contribution in [1.82, 2.24) is 19.5 Å². The van der Waals surface area contributed by atoms with E-state index in [9.17, 15) is 14.5 Å². The molecule has 0 saturated carbocycles. The molecule has 0 spiro atoms. The van der Waals surface area contributed by atoms with Crippen LogP contribution in [0.2, 0.25) is 0 Å². The van der Waals surface area contributed by atoms with Crippen LogP contribution in [0.1, 0.15) is 12.6 Å². The molecule has 23 heavy (non-hydrogen) atoms. The van der Waals surface area contributed by atoms with Crippen molar-refractivity contribution in [2.45, 2.75) is 24.9 Å². The summed E-state index contributed by atoms with van der Waals surface area (Å²) in [6.45, 7) is -4.33. The van der Waals surface area contributed by atoms with E-state index >= 15 is 0 Å². The highest BCUT2D eigenvalue weighted by atomic mass is 32.7. The number of anilines is 1. The Morgan fingerprint density at radius 2 is 2.35 bits per heavy atom. The van der Waals surface area contributed by atoms with Gasteiger partial charge < -0.3 is 25.5 Å². The number of imidazole rings is 1. The Morgan fingerprint density at radius 1 is 1.61 bits per heavy atom. The molecule has 1 aliphatic heterocycles. The van der Waals surface area contributed by atoms with Crippen molar-refractivity contribution in [3.05, 3.63) is 16.8 Å². The highest BCUT2D eigenvalue weighted by Gasteiger charge is 2.38. The normalized spacial score (nSPS) is 27.3. The van der Waals surface area contributed by atoms with E-state index in [1.807, 2.05) is 0 Å². The van der Waals surface area contributed by atoms with Gasteiger partial charge in [-0.15, -0.1) is 0 Å². The maximum Gasteiger partial charge on any atom is 0.383 e. The summed E-state index contributed by atoms with van der Waals surface area (Å²) in [6, 6.07) is 0. The van der Waals surface area contributed by atoms with Gasteiger partial charge in [0.1, 0.15) is 24.2 Å². The summed E-state index contributed by atoms with van der Waals surface area (Å²) in [7, 11) is 0. The third kappa shape index (κ3) is 3.27. The number of aromatic amines is 1. The Balaban J connectivity index is 1.87. The first kappa shape index (κ1) is 16.4. The van der Waals surface area contributed by atoms with Gasteiger partial charge in [-0.1, -0.05) is 12.2 Å². The van der Waals surface area contributed by atoms with Crippen LogP contribution in [-0.4, -0.2) is 48.3 Å². The fourth-order valence-electron chi connectivity index (χ4n) is 2.42. The minimum absolute atomic E-state index is 0.0765. The highest BCUT2D eigenvalue weighted by Crippen LogP contribution is 2.47. The molecule has 0 amide bonds. The number of aliphatic hydroxyl groups excluding tert-OH is 1. The number of hydrogen-bond acceptors (Lipinski definition) is 8. The second kappa shape index (κ2) is 5.89. The molecular weight excluding hydrogens is 349 g/mol. The van der Waals surface area contributed by atoms with Gasteiger partial charge in [-0.3, -0.25) is 4.52 Å². The van der Waals surface area contributed by atoms with Gasteiger partial charge in [0.15, 0.2) is 11.5 Å². The lowest BCUT2D eigenvalue weighted by Gasteiger charge is -2.16. The van der Waals surface area contributed by atoms with Crippen molar-refractivity contribution < 1.29 is 23.8 Å². The molecule has 3 rings (SSSR count). The maximum atomic E-state index is 12.1. The topological polar surface area (TPSA) is 166 Å². The summed E-state index contributed by atoms with van der Waals surface area (Å²) in [5.74, 6) is 0.112. The summed E-state index contributed by atoms with van der Waals surface area (Å²) in [6.07, 6.45) is -1.42. The fraction of sp³-hybridized carbons (Fsp3) is 0.500. The molecule has 2 aromatic heterocycles. The van der Waals surface area contributed by atoms with Crippen LogP contribution in [0, 0.1) is 0 Å². The van der Waals surface area contributed by atoms with E-state index in [1.165, 1.54) is 10.9 Å². The van der Waals surface area contributed by atoms with E-state index in [1.54, 1.807) is 0 Å². The van der Waals surface area contributed by atoms with Crippen molar-refractivity contribution in [3.63, 3.8) is 0 Å². The van der Waals surface area contributed by atoms with E-state index in [0.717, 1.165) is 0 Å². The molecule has 4 atom stereocenters. The Morgan fingerprint density at radius 3 is 3.04 bits per heavy atom. The minimum atomic E-state index is -3.99. The third-order valence-corrected chi connectivity index (χ3v) is 4.27. The second-order valence-electron chi connectivity index (χ2n) is 4.98. The number of nitrogens with two attached hydrogens (primary N) is 1. The van der Waals surface area contributed by atoms with Gasteiger partial charge in [0, 0.05) is 6.42 Å². The number of aliphatic hydroxyl groups is 1. The van der Waals surface area contributed by atoms with Crippen LogP contribution in [0.3, 0.4) is 0 Å². The van der Waals surface area contributed by atoms with Gasteiger partial charge in [-0.25, -0.2) is 23.9 Å². The van der Waals surface area contributed by atoms with Gasteiger partial charge in [0.25, 0.3) is 0 Å². The number of nitrogen functional groups attached to an aromatic ring is 1. The van der Waals surface area contributed by atoms with Crippen molar-refractivity contribution in [1.29, 1.82) is 0 Å². The van der Waals surface area contributed by atoms with Crippen LogP contribution in [0.15, 0.2) is 11.1 Å². The molecule has 0 aliphatic carbocycles. The summed E-state index contributed by atoms with van der Waals surface area (Å²) < 4.78 is 22.4. The number of H-pyrrole nitrogens is 1. The molecule has 0 radical (unpaired) electrons. The number of ether oxygens (including phenoxy) is 1. The predicted molar refractivity (Wildman–Crippen MR) is 81.9 cm³/mol. The largest absolute Gasteiger partial charge is 0.390 e. The molecule has 0 aromatic carbocycles. The number of hydrogen-bond donors (Lipinski definition) is 5. The summed E-state index contributed by atoms with van der Waals surface area (Å²) >= 11 is 3.38. The first-order valence-electron chi connectivity index (χ1n) is 6.50. The van der Waals surface area contributed by atoms with E-state index < -0.39 is 30.9 Å². The summed E-state index contributed by atoms with van der Waals surface area (Å²) in [5.41, 5.74) is 5.66. The number of nitrogens with zero attached hydrogens (tertiary/aromatic N) is 3. The molecule has 1 unspecified atom stereocenters. The molecule has 1 fully saturated rings. The standard InChI is InChI=1S/C10H14N5O6PS/c11-8-7-9(13-3-12-8)15(10(17)14-7)6-1-4(16)5(21-6)2-20-22(18,19)23/h3-6,16H,1-2H2,(H,14,17)(H2,11,12,13)(H2,18,19,23)/t4-,5+,6+/m0/s1. The number of rotatable bonds is 4. The first-order chi connectivity index (χ1) is 10.8. The molecule has 0 bridgehead atoms. The van der Waals surface area contributed by atoms with E-state index in [0.29, 0.717) is 0 Å². The SMILES string of the molecule is Nc1ncnc2c1[nH]c(=O)n2[C@H]1C[C@H](O)[C@@H](COP(=O)(O)S)O1. The Labute approximate surface area is 134 Å². The van der Waals surface area contributed by atoms with Crippen LogP contribution >= 0.6 is 19.0 Å². The molecule has 3 heterocycles. The fourth-order valence-corrected chi connectivity index (χ4v) is 2.96. The lowest BCUT2D eigenvalue weighted by Crippen LogP contribution is -2.26. The summed E-state index contributed by atoms with van der Waals surface area (Å²) in [4.78, 5) is 31.4. The number of aromatic nitrogens is 4. The zero-order valence-corrected chi connectivity index (χ0v) is 13.4. The maximum absolute atomic E-state index is 12.1. The molecular formula is C10H14N5O6PS. The quantitative estimate of drug-likeness (QED) is 0.352. The van der Waals surface area contributed by atoms with Crippen molar-refractivity contribution in [2.24, 2.45) is 0 Å². The third-order valence-electron chi connectivity index (χ3n) is 3.43. The van der Waals surface area contributed by atoms with Crippen LogP contribution < -0.4 is 11.4 Å². The van der Waals surface area contributed by atoms with Crippen LogP contribution in [0.5, 0.6) is 0 Å². The minimum Gasteiger partial charge on any atom is -0.390 e. The Bertz CT molecular complexity index is 833. The Hall–Kier alpha value is -1.43. The molecule has 1 aliphatic rings. The molecule has 126 valence electrons. The first-order valence-corrected chi connectivity index (χ1v) is 9.23. The van der Waals surface area contributed by atoms with Crippen molar-refractivity contribution in [3.8, 4) is 0 Å². The Kier molecular flexibility index (Phi) is 4.21.